The van der Waals surface area contributed by atoms with Crippen LogP contribution >= 0.6 is 0 Å². The third kappa shape index (κ3) is 3.06. The highest BCUT2D eigenvalue weighted by Gasteiger charge is 2.31. The lowest BCUT2D eigenvalue weighted by Crippen LogP contribution is -2.37. The van der Waals surface area contributed by atoms with Crippen molar-refractivity contribution in [3.63, 3.8) is 0 Å². The van der Waals surface area contributed by atoms with Crippen molar-refractivity contribution in [1.82, 2.24) is 20.0 Å². The van der Waals surface area contributed by atoms with E-state index >= 15 is 0 Å². The average Bonchev–Trinajstić information content (AvgIpc) is 3.16. The quantitative estimate of drug-likeness (QED) is 0.785. The van der Waals surface area contributed by atoms with Gasteiger partial charge in [0, 0.05) is 31.9 Å². The Hall–Kier alpha value is -3.15. The minimum atomic E-state index is -0.235. The van der Waals surface area contributed by atoms with E-state index < -0.39 is 0 Å². The topological polar surface area (TPSA) is 67.2 Å². The van der Waals surface area contributed by atoms with E-state index in [0.717, 1.165) is 16.5 Å². The fourth-order valence-electron chi connectivity index (χ4n) is 3.46. The molecule has 0 aliphatic carbocycles. The number of amides is 2. The molecule has 1 unspecified atom stereocenters. The molecule has 26 heavy (non-hydrogen) atoms. The molecule has 3 aromatic rings. The van der Waals surface area contributed by atoms with Gasteiger partial charge < -0.3 is 10.2 Å². The first-order chi connectivity index (χ1) is 12.6. The molecule has 2 aromatic carbocycles. The second kappa shape index (κ2) is 6.63. The maximum atomic E-state index is 12.7. The summed E-state index contributed by atoms with van der Waals surface area (Å²) >= 11 is 0. The zero-order valence-electron chi connectivity index (χ0n) is 14.6. The Morgan fingerprint density at radius 1 is 1.15 bits per heavy atom. The molecule has 0 spiro atoms. The van der Waals surface area contributed by atoms with Crippen molar-refractivity contribution in [2.75, 3.05) is 6.54 Å². The second-order valence-electron chi connectivity index (χ2n) is 6.62. The van der Waals surface area contributed by atoms with Gasteiger partial charge in [-0.1, -0.05) is 48.5 Å². The highest BCUT2D eigenvalue weighted by Crippen LogP contribution is 2.19. The van der Waals surface area contributed by atoms with E-state index in [-0.39, 0.29) is 17.9 Å². The Bertz CT molecular complexity index is 964. The third-order valence-electron chi connectivity index (χ3n) is 4.74. The summed E-state index contributed by atoms with van der Waals surface area (Å²) in [6.07, 6.45) is 0.323. The zero-order chi connectivity index (χ0) is 18.1. The molecule has 1 aliphatic heterocycles. The Labute approximate surface area is 151 Å². The molecule has 2 amide bonds. The first kappa shape index (κ1) is 16.3. The molecule has 0 saturated carbocycles. The van der Waals surface area contributed by atoms with Crippen molar-refractivity contribution in [1.29, 1.82) is 0 Å². The number of carbonyl (C=O) groups is 2. The van der Waals surface area contributed by atoms with E-state index in [4.69, 9.17) is 0 Å². The summed E-state index contributed by atoms with van der Waals surface area (Å²) in [5.41, 5.74) is 2.39. The molecule has 1 N–H and O–H groups in total. The van der Waals surface area contributed by atoms with Gasteiger partial charge in [-0.25, -0.2) is 0 Å². The smallest absolute Gasteiger partial charge is 0.272 e. The summed E-state index contributed by atoms with van der Waals surface area (Å²) in [6.45, 7) is 1.09. The number of nitrogens with one attached hydrogen (secondary N) is 1. The Morgan fingerprint density at radius 2 is 1.88 bits per heavy atom. The molecule has 0 bridgehead atoms. The molecular formula is C20H20N4O2. The predicted molar refractivity (Wildman–Crippen MR) is 98.4 cm³/mol. The molecule has 1 aliphatic rings. The number of aromatic nitrogens is 2. The van der Waals surface area contributed by atoms with Crippen molar-refractivity contribution in [2.45, 2.75) is 19.0 Å². The minimum Gasteiger partial charge on any atom is -0.346 e. The van der Waals surface area contributed by atoms with Crippen LogP contribution in [0, 0.1) is 0 Å². The standard InChI is InChI=1S/C20H20N4O2/c1-23-17-10-6-5-9-16(17)19(22-23)20(26)21-15-11-18(25)24(13-15)12-14-7-3-2-4-8-14/h2-10,15H,11-13H2,1H3,(H,21,26). The second-order valence-corrected chi connectivity index (χ2v) is 6.62. The number of hydrogen-bond donors (Lipinski definition) is 1. The number of carbonyl (C=O) groups excluding carboxylic acids is 2. The van der Waals surface area contributed by atoms with E-state index in [1.807, 2.05) is 61.6 Å². The molecule has 4 rings (SSSR count). The zero-order valence-corrected chi connectivity index (χ0v) is 14.6. The monoisotopic (exact) mass is 348 g/mol. The Balaban J connectivity index is 1.46. The minimum absolute atomic E-state index is 0.0602. The van der Waals surface area contributed by atoms with Crippen LogP contribution in [0.1, 0.15) is 22.5 Å². The lowest BCUT2D eigenvalue weighted by molar-refractivity contribution is -0.128. The number of para-hydroxylation sites is 1. The van der Waals surface area contributed by atoms with Crippen molar-refractivity contribution < 1.29 is 9.59 Å². The van der Waals surface area contributed by atoms with Crippen LogP contribution in [-0.4, -0.2) is 39.1 Å². The third-order valence-corrected chi connectivity index (χ3v) is 4.74. The lowest BCUT2D eigenvalue weighted by atomic mass is 10.2. The average molecular weight is 348 g/mol. The predicted octanol–water partition coefficient (Wildman–Crippen LogP) is 2.10. The maximum Gasteiger partial charge on any atom is 0.272 e. The van der Waals surface area contributed by atoms with Gasteiger partial charge in [-0.2, -0.15) is 5.10 Å². The number of fused-ring (bicyclic) bond motifs is 1. The Kier molecular flexibility index (Phi) is 4.16. The van der Waals surface area contributed by atoms with Crippen LogP contribution in [0.4, 0.5) is 0 Å². The molecule has 2 heterocycles. The molecule has 1 saturated heterocycles. The molecule has 1 fully saturated rings. The fraction of sp³-hybridized carbons (Fsp3) is 0.250. The van der Waals surface area contributed by atoms with Crippen LogP contribution in [0.25, 0.3) is 10.9 Å². The SMILES string of the molecule is Cn1nc(C(=O)NC2CC(=O)N(Cc3ccccc3)C2)c2ccccc21. The van der Waals surface area contributed by atoms with Crippen molar-refractivity contribution in [2.24, 2.45) is 7.05 Å². The van der Waals surface area contributed by atoms with E-state index in [0.29, 0.717) is 25.2 Å². The molecule has 132 valence electrons. The van der Waals surface area contributed by atoms with E-state index in [9.17, 15) is 9.59 Å². The van der Waals surface area contributed by atoms with Crippen LogP contribution in [0.5, 0.6) is 0 Å². The number of benzene rings is 2. The van der Waals surface area contributed by atoms with Gasteiger partial charge in [-0.05, 0) is 11.6 Å². The molecule has 6 nitrogen and oxygen atoms in total. The molecule has 0 radical (unpaired) electrons. The first-order valence-electron chi connectivity index (χ1n) is 8.66. The van der Waals surface area contributed by atoms with Crippen molar-refractivity contribution in [3.8, 4) is 0 Å². The van der Waals surface area contributed by atoms with E-state index in [1.165, 1.54) is 0 Å². The molecule has 1 atom stereocenters. The van der Waals surface area contributed by atoms with Gasteiger partial charge in [-0.15, -0.1) is 0 Å². The number of aryl methyl sites for hydroxylation is 1. The van der Waals surface area contributed by atoms with Crippen molar-refractivity contribution in [3.05, 3.63) is 65.9 Å². The lowest BCUT2D eigenvalue weighted by Gasteiger charge is -2.17. The summed E-state index contributed by atoms with van der Waals surface area (Å²) in [7, 11) is 1.82. The Morgan fingerprint density at radius 3 is 2.69 bits per heavy atom. The summed E-state index contributed by atoms with van der Waals surface area (Å²) < 4.78 is 1.70. The van der Waals surface area contributed by atoms with Crippen LogP contribution in [0.15, 0.2) is 54.6 Å². The summed E-state index contributed by atoms with van der Waals surface area (Å²) in [5.74, 6) is -0.175. The largest absolute Gasteiger partial charge is 0.346 e. The fourth-order valence-corrected chi connectivity index (χ4v) is 3.46. The first-order valence-corrected chi connectivity index (χ1v) is 8.66. The highest BCUT2D eigenvalue weighted by molar-refractivity contribution is 6.05. The van der Waals surface area contributed by atoms with Crippen LogP contribution < -0.4 is 5.32 Å². The van der Waals surface area contributed by atoms with Gasteiger partial charge in [0.15, 0.2) is 5.69 Å². The van der Waals surface area contributed by atoms with Gasteiger partial charge in [0.2, 0.25) is 5.91 Å². The number of hydrogen-bond acceptors (Lipinski definition) is 3. The maximum absolute atomic E-state index is 12.7. The molecular weight excluding hydrogens is 328 g/mol. The van der Waals surface area contributed by atoms with E-state index in [1.54, 1.807) is 9.58 Å². The van der Waals surface area contributed by atoms with Gasteiger partial charge in [0.1, 0.15) is 0 Å². The molecule has 1 aromatic heterocycles. The van der Waals surface area contributed by atoms with Crippen LogP contribution in [0.2, 0.25) is 0 Å². The summed E-state index contributed by atoms with van der Waals surface area (Å²) in [5, 5.41) is 8.13. The van der Waals surface area contributed by atoms with Gasteiger partial charge >= 0.3 is 0 Å². The van der Waals surface area contributed by atoms with Crippen LogP contribution in [-0.2, 0) is 18.4 Å². The van der Waals surface area contributed by atoms with Gasteiger partial charge in [-0.3, -0.25) is 14.3 Å². The normalized spacial score (nSPS) is 17.0. The van der Waals surface area contributed by atoms with Gasteiger partial charge in [0.05, 0.1) is 11.6 Å². The molecule has 6 heteroatoms. The number of likely N-dealkylation sites (tertiary alicyclic amines) is 1. The number of nitrogens with zero attached hydrogens (tertiary/aromatic N) is 3. The van der Waals surface area contributed by atoms with Crippen LogP contribution in [0.3, 0.4) is 0 Å². The number of rotatable bonds is 4. The summed E-state index contributed by atoms with van der Waals surface area (Å²) in [4.78, 5) is 26.7. The van der Waals surface area contributed by atoms with E-state index in [2.05, 4.69) is 10.4 Å². The summed E-state index contributed by atoms with van der Waals surface area (Å²) in [6, 6.07) is 17.3. The van der Waals surface area contributed by atoms with Crippen molar-refractivity contribution >= 4 is 22.7 Å². The highest BCUT2D eigenvalue weighted by atomic mass is 16.2. The van der Waals surface area contributed by atoms with Gasteiger partial charge in [0.25, 0.3) is 5.91 Å².